The SMILES string of the molecule is CCCCCCC=CCCCCCCC[C@H](O)[C@@H](CCCCCCC=CCCCCCC)C(=O)O. The van der Waals surface area contributed by atoms with E-state index in [-0.39, 0.29) is 0 Å². The fourth-order valence-corrected chi connectivity index (χ4v) is 4.66. The van der Waals surface area contributed by atoms with Crippen molar-refractivity contribution in [2.45, 2.75) is 168 Å². The number of hydrogen-bond donors (Lipinski definition) is 2. The molecule has 0 aliphatic carbocycles. The quantitative estimate of drug-likeness (QED) is 0.0885. The van der Waals surface area contributed by atoms with Crippen LogP contribution in [0.2, 0.25) is 0 Å². The maximum Gasteiger partial charge on any atom is 0.309 e. The molecule has 0 amide bonds. The second-order valence-electron chi connectivity index (χ2n) is 10.5. The number of hydrogen-bond acceptors (Lipinski definition) is 2. The topological polar surface area (TPSA) is 57.5 Å². The molecule has 0 aliphatic heterocycles. The molecule has 0 aromatic heterocycles. The highest BCUT2D eigenvalue weighted by Crippen LogP contribution is 2.20. The third-order valence-corrected chi connectivity index (χ3v) is 7.07. The molecule has 3 nitrogen and oxygen atoms in total. The molecule has 0 spiro atoms. The molecular formula is C32H60O3. The summed E-state index contributed by atoms with van der Waals surface area (Å²) >= 11 is 0. The Kier molecular flexibility index (Phi) is 26.6. The molecule has 0 fully saturated rings. The van der Waals surface area contributed by atoms with E-state index in [2.05, 4.69) is 38.2 Å². The Hall–Kier alpha value is -1.09. The lowest BCUT2D eigenvalue weighted by Crippen LogP contribution is -2.28. The minimum Gasteiger partial charge on any atom is -0.481 e. The number of rotatable bonds is 27. The van der Waals surface area contributed by atoms with Crippen molar-refractivity contribution >= 4 is 5.97 Å². The van der Waals surface area contributed by atoms with Crippen LogP contribution in [0.25, 0.3) is 0 Å². The van der Waals surface area contributed by atoms with Gasteiger partial charge in [0.15, 0.2) is 0 Å². The van der Waals surface area contributed by atoms with Crippen LogP contribution < -0.4 is 0 Å². The van der Waals surface area contributed by atoms with Crippen molar-refractivity contribution in [1.29, 1.82) is 0 Å². The molecule has 2 N–H and O–H groups in total. The summed E-state index contributed by atoms with van der Waals surface area (Å²) in [4.78, 5) is 11.6. The Morgan fingerprint density at radius 3 is 1.29 bits per heavy atom. The fraction of sp³-hybridized carbons (Fsp3) is 0.844. The van der Waals surface area contributed by atoms with Crippen molar-refractivity contribution in [3.63, 3.8) is 0 Å². The molecule has 0 heterocycles. The van der Waals surface area contributed by atoms with Crippen LogP contribution in [0.3, 0.4) is 0 Å². The van der Waals surface area contributed by atoms with Gasteiger partial charge in [0.25, 0.3) is 0 Å². The summed E-state index contributed by atoms with van der Waals surface area (Å²) in [5.74, 6) is -1.43. The van der Waals surface area contributed by atoms with Gasteiger partial charge in [-0.2, -0.15) is 0 Å². The molecule has 0 bridgehead atoms. The molecule has 2 atom stereocenters. The zero-order valence-corrected chi connectivity index (χ0v) is 23.5. The van der Waals surface area contributed by atoms with Crippen LogP contribution in [0.1, 0.15) is 162 Å². The Morgan fingerprint density at radius 1 is 0.543 bits per heavy atom. The average molecular weight is 493 g/mol. The largest absolute Gasteiger partial charge is 0.481 e. The van der Waals surface area contributed by atoms with Crippen LogP contribution in [0, 0.1) is 5.92 Å². The molecule has 0 saturated heterocycles. The van der Waals surface area contributed by atoms with Gasteiger partial charge in [-0.25, -0.2) is 0 Å². The number of aliphatic hydroxyl groups excluding tert-OH is 1. The molecule has 3 heteroatoms. The standard InChI is InChI=1S/C32H60O3/c1-3-5-7-9-11-13-15-17-19-21-23-25-27-29-31(33)30(32(34)35)28-26-24-22-20-18-16-14-12-10-8-6-4-2/h13-16,30-31,33H,3-12,17-29H2,1-2H3,(H,34,35)/t30-,31+/m1/s1. The van der Waals surface area contributed by atoms with Gasteiger partial charge in [0.2, 0.25) is 0 Å². The second kappa shape index (κ2) is 27.5. The van der Waals surface area contributed by atoms with Crippen LogP contribution in [0.5, 0.6) is 0 Å². The lowest BCUT2D eigenvalue weighted by molar-refractivity contribution is -0.146. The lowest BCUT2D eigenvalue weighted by Gasteiger charge is -2.19. The molecule has 206 valence electrons. The Labute approximate surface area is 218 Å². The van der Waals surface area contributed by atoms with Crippen molar-refractivity contribution in [2.24, 2.45) is 5.92 Å². The van der Waals surface area contributed by atoms with E-state index in [1.165, 1.54) is 96.3 Å². The van der Waals surface area contributed by atoms with Crippen molar-refractivity contribution in [1.82, 2.24) is 0 Å². The van der Waals surface area contributed by atoms with Gasteiger partial charge < -0.3 is 10.2 Å². The molecular weight excluding hydrogens is 432 g/mol. The fourth-order valence-electron chi connectivity index (χ4n) is 4.66. The summed E-state index contributed by atoms with van der Waals surface area (Å²) in [6, 6.07) is 0. The van der Waals surface area contributed by atoms with Crippen LogP contribution in [0.15, 0.2) is 24.3 Å². The van der Waals surface area contributed by atoms with Crippen LogP contribution in [-0.2, 0) is 4.79 Å². The van der Waals surface area contributed by atoms with Crippen molar-refractivity contribution in [3.8, 4) is 0 Å². The zero-order valence-electron chi connectivity index (χ0n) is 23.5. The first kappa shape index (κ1) is 33.9. The van der Waals surface area contributed by atoms with Gasteiger partial charge >= 0.3 is 5.97 Å². The van der Waals surface area contributed by atoms with Gasteiger partial charge in [-0.15, -0.1) is 0 Å². The van der Waals surface area contributed by atoms with Crippen LogP contribution in [0.4, 0.5) is 0 Å². The highest BCUT2D eigenvalue weighted by atomic mass is 16.4. The number of carboxylic acid groups (broad SMARTS) is 1. The van der Waals surface area contributed by atoms with Crippen molar-refractivity contribution < 1.29 is 15.0 Å². The minimum absolute atomic E-state index is 0.597. The highest BCUT2D eigenvalue weighted by Gasteiger charge is 2.25. The third kappa shape index (κ3) is 24.4. The van der Waals surface area contributed by atoms with E-state index in [0.717, 1.165) is 38.5 Å². The Bertz CT molecular complexity index is 497. The van der Waals surface area contributed by atoms with Crippen LogP contribution >= 0.6 is 0 Å². The summed E-state index contributed by atoms with van der Waals surface area (Å²) in [5, 5.41) is 20.0. The summed E-state index contributed by atoms with van der Waals surface area (Å²) in [6.07, 6.45) is 35.1. The number of unbranched alkanes of at least 4 members (excludes halogenated alkanes) is 17. The predicted octanol–water partition coefficient (Wildman–Crippen LogP) is 10.2. The number of aliphatic hydroxyl groups is 1. The van der Waals surface area contributed by atoms with E-state index in [4.69, 9.17) is 0 Å². The molecule has 0 saturated carbocycles. The van der Waals surface area contributed by atoms with Gasteiger partial charge in [0.1, 0.15) is 0 Å². The summed E-state index contributed by atoms with van der Waals surface area (Å²) in [6.45, 7) is 4.49. The first-order valence-corrected chi connectivity index (χ1v) is 15.3. The number of aliphatic carboxylic acids is 1. The Morgan fingerprint density at radius 2 is 0.886 bits per heavy atom. The molecule has 0 aromatic rings. The van der Waals surface area contributed by atoms with Crippen molar-refractivity contribution in [3.05, 3.63) is 24.3 Å². The van der Waals surface area contributed by atoms with Gasteiger partial charge in [-0.05, 0) is 64.2 Å². The van der Waals surface area contributed by atoms with Gasteiger partial charge in [0.05, 0.1) is 12.0 Å². The zero-order chi connectivity index (χ0) is 25.8. The van der Waals surface area contributed by atoms with Gasteiger partial charge in [0, 0.05) is 0 Å². The summed E-state index contributed by atoms with van der Waals surface area (Å²) < 4.78 is 0. The highest BCUT2D eigenvalue weighted by molar-refractivity contribution is 5.70. The summed E-state index contributed by atoms with van der Waals surface area (Å²) in [7, 11) is 0. The maximum atomic E-state index is 11.6. The first-order chi connectivity index (χ1) is 17.1. The molecule has 35 heavy (non-hydrogen) atoms. The first-order valence-electron chi connectivity index (χ1n) is 15.3. The van der Waals surface area contributed by atoms with E-state index in [0.29, 0.717) is 12.8 Å². The Balaban J connectivity index is 3.67. The van der Waals surface area contributed by atoms with E-state index in [1.54, 1.807) is 0 Å². The molecule has 0 rings (SSSR count). The third-order valence-electron chi connectivity index (χ3n) is 7.07. The maximum absolute atomic E-state index is 11.6. The van der Waals surface area contributed by atoms with Gasteiger partial charge in [-0.1, -0.05) is 122 Å². The average Bonchev–Trinajstić information content (AvgIpc) is 2.84. The molecule has 0 aliphatic rings. The molecule has 0 aromatic carbocycles. The smallest absolute Gasteiger partial charge is 0.309 e. The number of allylic oxidation sites excluding steroid dienone is 4. The van der Waals surface area contributed by atoms with E-state index in [1.807, 2.05) is 0 Å². The van der Waals surface area contributed by atoms with E-state index >= 15 is 0 Å². The summed E-state index contributed by atoms with van der Waals surface area (Å²) in [5.41, 5.74) is 0. The van der Waals surface area contributed by atoms with Crippen LogP contribution in [-0.4, -0.2) is 22.3 Å². The molecule has 0 unspecified atom stereocenters. The normalized spacial score (nSPS) is 13.7. The number of carbonyl (C=O) groups is 1. The minimum atomic E-state index is -0.829. The van der Waals surface area contributed by atoms with Gasteiger partial charge in [-0.3, -0.25) is 4.79 Å². The number of carboxylic acids is 1. The predicted molar refractivity (Wildman–Crippen MR) is 153 cm³/mol. The monoisotopic (exact) mass is 492 g/mol. The molecule has 0 radical (unpaired) electrons. The lowest BCUT2D eigenvalue weighted by atomic mass is 9.91. The van der Waals surface area contributed by atoms with E-state index in [9.17, 15) is 15.0 Å². The van der Waals surface area contributed by atoms with E-state index < -0.39 is 18.0 Å². The van der Waals surface area contributed by atoms with Crippen molar-refractivity contribution in [2.75, 3.05) is 0 Å². The second-order valence-corrected chi connectivity index (χ2v) is 10.5.